The van der Waals surface area contributed by atoms with Crippen LogP contribution in [-0.2, 0) is 0 Å². The largest absolute Gasteiger partial charge is 0.298 e. The van der Waals surface area contributed by atoms with Crippen molar-refractivity contribution in [2.45, 2.75) is 56.9 Å². The lowest BCUT2D eigenvalue weighted by Crippen LogP contribution is -2.40. The second-order valence-electron chi connectivity index (χ2n) is 3.79. The highest BCUT2D eigenvalue weighted by Crippen LogP contribution is 2.30. The van der Waals surface area contributed by atoms with Gasteiger partial charge < -0.3 is 0 Å². The molecule has 1 aliphatic rings. The maximum absolute atomic E-state index is 8.88. The number of nitriles is 1. The van der Waals surface area contributed by atoms with Crippen LogP contribution >= 0.6 is 11.8 Å². The summed E-state index contributed by atoms with van der Waals surface area (Å²) in [5, 5.41) is 13.1. The molecule has 14 heavy (non-hydrogen) atoms. The van der Waals surface area contributed by atoms with Gasteiger partial charge in [0, 0.05) is 11.3 Å². The summed E-state index contributed by atoms with van der Waals surface area (Å²) in [6.07, 6.45) is 4.79. The minimum absolute atomic E-state index is 0.0538. The third-order valence-corrected chi connectivity index (χ3v) is 4.14. The molecule has 0 spiro atoms. The van der Waals surface area contributed by atoms with E-state index in [2.05, 4.69) is 25.2 Å². The minimum Gasteiger partial charge on any atom is -0.298 e. The van der Waals surface area contributed by atoms with Crippen molar-refractivity contribution in [2.75, 3.05) is 5.75 Å². The Morgan fingerprint density at radius 2 is 2.29 bits per heavy atom. The first-order valence-corrected chi connectivity index (χ1v) is 6.64. The Morgan fingerprint density at radius 3 is 2.86 bits per heavy atom. The summed E-state index contributed by atoms with van der Waals surface area (Å²) in [7, 11) is 0. The van der Waals surface area contributed by atoms with E-state index in [-0.39, 0.29) is 6.04 Å². The molecule has 1 rings (SSSR count). The van der Waals surface area contributed by atoms with Crippen LogP contribution in [0.1, 0.15) is 39.5 Å². The van der Waals surface area contributed by atoms with E-state index in [9.17, 15) is 0 Å². The average molecular weight is 212 g/mol. The van der Waals surface area contributed by atoms with Crippen molar-refractivity contribution >= 4 is 11.8 Å². The molecule has 0 heterocycles. The zero-order chi connectivity index (χ0) is 10.4. The van der Waals surface area contributed by atoms with Crippen molar-refractivity contribution in [3.05, 3.63) is 0 Å². The van der Waals surface area contributed by atoms with Crippen molar-refractivity contribution < 1.29 is 0 Å². The molecule has 1 saturated carbocycles. The highest BCUT2D eigenvalue weighted by molar-refractivity contribution is 7.99. The summed E-state index contributed by atoms with van der Waals surface area (Å²) >= 11 is 2.04. The van der Waals surface area contributed by atoms with E-state index >= 15 is 0 Å². The molecule has 1 aliphatic carbocycles. The Bertz CT molecular complexity index is 200. The molecule has 3 atom stereocenters. The Morgan fingerprint density at radius 1 is 1.50 bits per heavy atom. The first-order chi connectivity index (χ1) is 6.81. The zero-order valence-electron chi connectivity index (χ0n) is 9.12. The summed E-state index contributed by atoms with van der Waals surface area (Å²) in [6, 6.07) is 2.95. The van der Waals surface area contributed by atoms with Gasteiger partial charge in [-0.25, -0.2) is 0 Å². The fourth-order valence-electron chi connectivity index (χ4n) is 2.04. The van der Waals surface area contributed by atoms with E-state index in [1.807, 2.05) is 11.8 Å². The van der Waals surface area contributed by atoms with Crippen molar-refractivity contribution in [3.8, 4) is 6.07 Å². The molecule has 2 nitrogen and oxygen atoms in total. The SMILES string of the molecule is CCSC1CCCC1NC(C#N)CC. The molecule has 0 saturated heterocycles. The highest BCUT2D eigenvalue weighted by Gasteiger charge is 2.28. The standard InChI is InChI=1S/C11H20N2S/c1-3-9(8-12)13-10-6-5-7-11(10)14-4-2/h9-11,13H,3-7H2,1-2H3. The molecule has 0 amide bonds. The zero-order valence-corrected chi connectivity index (χ0v) is 9.94. The van der Waals surface area contributed by atoms with E-state index in [4.69, 9.17) is 5.26 Å². The maximum atomic E-state index is 8.88. The molecule has 1 N–H and O–H groups in total. The molecule has 0 aliphatic heterocycles. The van der Waals surface area contributed by atoms with E-state index in [1.165, 1.54) is 25.0 Å². The van der Waals surface area contributed by atoms with E-state index in [0.29, 0.717) is 6.04 Å². The lowest BCUT2D eigenvalue weighted by Gasteiger charge is -2.22. The normalized spacial score (nSPS) is 28.6. The monoisotopic (exact) mass is 212 g/mol. The van der Waals surface area contributed by atoms with Gasteiger partial charge in [-0.05, 0) is 25.0 Å². The number of hydrogen-bond donors (Lipinski definition) is 1. The van der Waals surface area contributed by atoms with Gasteiger partial charge in [0.2, 0.25) is 0 Å². The van der Waals surface area contributed by atoms with Crippen LogP contribution in [0.3, 0.4) is 0 Å². The van der Waals surface area contributed by atoms with Crippen LogP contribution in [0.5, 0.6) is 0 Å². The van der Waals surface area contributed by atoms with Crippen LogP contribution in [0.4, 0.5) is 0 Å². The topological polar surface area (TPSA) is 35.8 Å². The predicted molar refractivity (Wildman–Crippen MR) is 62.4 cm³/mol. The molecule has 0 aromatic rings. The second-order valence-corrected chi connectivity index (χ2v) is 5.30. The number of thioether (sulfide) groups is 1. The van der Waals surface area contributed by atoms with Gasteiger partial charge in [-0.15, -0.1) is 0 Å². The number of hydrogen-bond acceptors (Lipinski definition) is 3. The quantitative estimate of drug-likeness (QED) is 0.761. The third-order valence-electron chi connectivity index (χ3n) is 2.81. The van der Waals surface area contributed by atoms with Crippen molar-refractivity contribution in [3.63, 3.8) is 0 Å². The van der Waals surface area contributed by atoms with Crippen LogP contribution in [0.25, 0.3) is 0 Å². The Labute approximate surface area is 91.4 Å². The minimum atomic E-state index is 0.0538. The molecular weight excluding hydrogens is 192 g/mol. The van der Waals surface area contributed by atoms with Gasteiger partial charge in [0.25, 0.3) is 0 Å². The third kappa shape index (κ3) is 3.18. The molecule has 80 valence electrons. The first kappa shape index (κ1) is 11.9. The molecule has 0 aromatic carbocycles. The molecule has 1 fully saturated rings. The molecule has 3 heteroatoms. The number of rotatable bonds is 5. The van der Waals surface area contributed by atoms with E-state index < -0.39 is 0 Å². The lowest BCUT2D eigenvalue weighted by molar-refractivity contribution is 0.480. The number of nitrogens with zero attached hydrogens (tertiary/aromatic N) is 1. The van der Waals surface area contributed by atoms with Gasteiger partial charge in [-0.3, -0.25) is 5.32 Å². The number of nitrogens with one attached hydrogen (secondary N) is 1. The van der Waals surface area contributed by atoms with Gasteiger partial charge >= 0.3 is 0 Å². The fraction of sp³-hybridized carbons (Fsp3) is 0.909. The summed E-state index contributed by atoms with van der Waals surface area (Å²) in [4.78, 5) is 0. The molecule has 0 bridgehead atoms. The Balaban J connectivity index is 2.39. The van der Waals surface area contributed by atoms with Crippen molar-refractivity contribution in [2.24, 2.45) is 0 Å². The summed E-state index contributed by atoms with van der Waals surface area (Å²) in [5.41, 5.74) is 0. The lowest BCUT2D eigenvalue weighted by atomic mass is 10.2. The van der Waals surface area contributed by atoms with Gasteiger partial charge in [0.1, 0.15) is 0 Å². The van der Waals surface area contributed by atoms with Crippen LogP contribution < -0.4 is 5.32 Å². The predicted octanol–water partition coefficient (Wildman–Crippen LogP) is 2.55. The highest BCUT2D eigenvalue weighted by atomic mass is 32.2. The maximum Gasteiger partial charge on any atom is 0.0952 e. The first-order valence-electron chi connectivity index (χ1n) is 5.59. The summed E-state index contributed by atoms with van der Waals surface area (Å²) in [6.45, 7) is 4.28. The summed E-state index contributed by atoms with van der Waals surface area (Å²) in [5.74, 6) is 1.19. The van der Waals surface area contributed by atoms with Gasteiger partial charge in [0.15, 0.2) is 0 Å². The van der Waals surface area contributed by atoms with E-state index in [0.717, 1.165) is 11.7 Å². The van der Waals surface area contributed by atoms with E-state index in [1.54, 1.807) is 0 Å². The van der Waals surface area contributed by atoms with Crippen LogP contribution in [0.15, 0.2) is 0 Å². The fourth-order valence-corrected chi connectivity index (χ4v) is 3.24. The average Bonchev–Trinajstić information content (AvgIpc) is 2.62. The van der Waals surface area contributed by atoms with Crippen LogP contribution in [0.2, 0.25) is 0 Å². The summed E-state index contributed by atoms with van der Waals surface area (Å²) < 4.78 is 0. The molecule has 0 aromatic heterocycles. The molecular formula is C11H20N2S. The van der Waals surface area contributed by atoms with Crippen molar-refractivity contribution in [1.29, 1.82) is 5.26 Å². The van der Waals surface area contributed by atoms with Crippen molar-refractivity contribution in [1.82, 2.24) is 5.32 Å². The Hall–Kier alpha value is -0.200. The van der Waals surface area contributed by atoms with Crippen LogP contribution in [-0.4, -0.2) is 23.1 Å². The molecule has 3 unspecified atom stereocenters. The smallest absolute Gasteiger partial charge is 0.0952 e. The van der Waals surface area contributed by atoms with Crippen LogP contribution in [0, 0.1) is 11.3 Å². The van der Waals surface area contributed by atoms with Gasteiger partial charge in [-0.2, -0.15) is 17.0 Å². The Kier molecular flexibility index (Phi) is 5.36. The second kappa shape index (κ2) is 6.31. The molecule has 0 radical (unpaired) electrons. The van der Waals surface area contributed by atoms with Gasteiger partial charge in [-0.1, -0.05) is 20.3 Å². The van der Waals surface area contributed by atoms with Gasteiger partial charge in [0.05, 0.1) is 12.1 Å².